The Labute approximate surface area is 118 Å². The molecule has 0 heterocycles. The topological polar surface area (TPSA) is 26.0 Å². The zero-order valence-corrected chi connectivity index (χ0v) is 12.8. The van der Waals surface area contributed by atoms with Gasteiger partial charge < -0.3 is 5.73 Å². The van der Waals surface area contributed by atoms with E-state index in [9.17, 15) is 0 Å². The van der Waals surface area contributed by atoms with Crippen LogP contribution in [-0.2, 0) is 11.8 Å². The van der Waals surface area contributed by atoms with Crippen molar-refractivity contribution in [2.75, 3.05) is 0 Å². The van der Waals surface area contributed by atoms with Gasteiger partial charge in [0.1, 0.15) is 0 Å². The maximum Gasteiger partial charge on any atom is 0.00703 e. The van der Waals surface area contributed by atoms with E-state index in [2.05, 4.69) is 45.0 Å². The molecule has 1 aliphatic carbocycles. The molecule has 0 aliphatic heterocycles. The molecule has 1 fully saturated rings. The Morgan fingerprint density at radius 2 is 1.63 bits per heavy atom. The Balaban J connectivity index is 2.02. The third-order valence-electron chi connectivity index (χ3n) is 4.54. The van der Waals surface area contributed by atoms with Crippen molar-refractivity contribution in [3.8, 4) is 0 Å². The van der Waals surface area contributed by atoms with Crippen LogP contribution in [0.3, 0.4) is 0 Å². The van der Waals surface area contributed by atoms with Gasteiger partial charge in [0.05, 0.1) is 0 Å². The van der Waals surface area contributed by atoms with Gasteiger partial charge in [-0.25, -0.2) is 0 Å². The molecule has 1 heteroatoms. The van der Waals surface area contributed by atoms with Gasteiger partial charge in [0.2, 0.25) is 0 Å². The highest BCUT2D eigenvalue weighted by atomic mass is 14.6. The first kappa shape index (κ1) is 14.6. The van der Waals surface area contributed by atoms with Crippen LogP contribution in [0.1, 0.15) is 64.0 Å². The number of nitrogens with two attached hydrogens (primary N) is 1. The highest BCUT2D eigenvalue weighted by Gasteiger charge is 2.21. The van der Waals surface area contributed by atoms with Crippen molar-refractivity contribution in [3.63, 3.8) is 0 Å². The van der Waals surface area contributed by atoms with Crippen LogP contribution < -0.4 is 5.73 Å². The molecule has 0 radical (unpaired) electrons. The predicted molar refractivity (Wildman–Crippen MR) is 83.4 cm³/mol. The van der Waals surface area contributed by atoms with Gasteiger partial charge in [-0.15, -0.1) is 0 Å². The smallest absolute Gasteiger partial charge is 0.00703 e. The number of hydrogen-bond donors (Lipinski definition) is 1. The summed E-state index contributed by atoms with van der Waals surface area (Å²) >= 11 is 0. The molecule has 1 aliphatic rings. The van der Waals surface area contributed by atoms with Crippen molar-refractivity contribution in [1.82, 2.24) is 0 Å². The Morgan fingerprint density at radius 3 is 2.26 bits per heavy atom. The van der Waals surface area contributed by atoms with E-state index in [-0.39, 0.29) is 5.41 Å². The fraction of sp³-hybridized carbons (Fsp3) is 0.667. The fourth-order valence-corrected chi connectivity index (χ4v) is 3.11. The Morgan fingerprint density at radius 1 is 1.00 bits per heavy atom. The molecule has 1 saturated carbocycles. The molecule has 0 saturated heterocycles. The van der Waals surface area contributed by atoms with E-state index in [1.54, 1.807) is 0 Å². The van der Waals surface area contributed by atoms with Crippen molar-refractivity contribution in [2.45, 2.75) is 70.8 Å². The van der Waals surface area contributed by atoms with Crippen LogP contribution in [0.25, 0.3) is 0 Å². The molecule has 2 atom stereocenters. The zero-order valence-electron chi connectivity index (χ0n) is 12.8. The van der Waals surface area contributed by atoms with Crippen molar-refractivity contribution in [2.24, 2.45) is 11.7 Å². The van der Waals surface area contributed by atoms with Gasteiger partial charge in [0.15, 0.2) is 0 Å². The van der Waals surface area contributed by atoms with Crippen molar-refractivity contribution < 1.29 is 0 Å². The van der Waals surface area contributed by atoms with Crippen LogP contribution in [0.2, 0.25) is 0 Å². The van der Waals surface area contributed by atoms with Gasteiger partial charge >= 0.3 is 0 Å². The average molecular weight is 259 g/mol. The Kier molecular flexibility index (Phi) is 4.67. The molecule has 2 unspecified atom stereocenters. The monoisotopic (exact) mass is 259 g/mol. The van der Waals surface area contributed by atoms with Crippen molar-refractivity contribution in [3.05, 3.63) is 35.4 Å². The summed E-state index contributed by atoms with van der Waals surface area (Å²) < 4.78 is 0. The molecule has 19 heavy (non-hydrogen) atoms. The second-order valence-electron chi connectivity index (χ2n) is 7.21. The lowest BCUT2D eigenvalue weighted by Crippen LogP contribution is -2.30. The molecule has 1 aromatic rings. The highest BCUT2D eigenvalue weighted by molar-refractivity contribution is 5.27. The minimum atomic E-state index is 0.247. The summed E-state index contributed by atoms with van der Waals surface area (Å²) in [5.74, 6) is 0.683. The maximum absolute atomic E-state index is 6.33. The molecular weight excluding hydrogens is 230 g/mol. The molecular formula is C18H29N. The number of benzene rings is 1. The van der Waals surface area contributed by atoms with Gasteiger partial charge in [0.25, 0.3) is 0 Å². The lowest BCUT2D eigenvalue weighted by molar-refractivity contribution is 0.395. The van der Waals surface area contributed by atoms with Gasteiger partial charge in [-0.1, -0.05) is 64.3 Å². The van der Waals surface area contributed by atoms with E-state index in [0.717, 1.165) is 6.42 Å². The highest BCUT2D eigenvalue weighted by Crippen LogP contribution is 2.27. The van der Waals surface area contributed by atoms with E-state index in [1.807, 2.05) is 0 Å². The maximum atomic E-state index is 6.33. The lowest BCUT2D eigenvalue weighted by Gasteiger charge is -2.23. The number of rotatable bonds is 2. The van der Waals surface area contributed by atoms with Gasteiger partial charge in [-0.2, -0.15) is 0 Å². The van der Waals surface area contributed by atoms with Gasteiger partial charge in [0, 0.05) is 6.04 Å². The first-order valence-corrected chi connectivity index (χ1v) is 7.82. The summed E-state index contributed by atoms with van der Waals surface area (Å²) in [6, 6.07) is 9.59. The zero-order chi connectivity index (χ0) is 13.9. The van der Waals surface area contributed by atoms with Crippen LogP contribution in [0.4, 0.5) is 0 Å². The second kappa shape index (κ2) is 6.09. The van der Waals surface area contributed by atoms with Gasteiger partial charge in [-0.05, 0) is 41.7 Å². The summed E-state index contributed by atoms with van der Waals surface area (Å²) in [7, 11) is 0. The molecule has 2 rings (SSSR count). The first-order chi connectivity index (χ1) is 8.97. The lowest BCUT2D eigenvalue weighted by atomic mass is 9.84. The average Bonchev–Trinajstić information content (AvgIpc) is 2.55. The van der Waals surface area contributed by atoms with Crippen LogP contribution in [-0.4, -0.2) is 6.04 Å². The number of hydrogen-bond acceptors (Lipinski definition) is 1. The quantitative estimate of drug-likeness (QED) is 0.781. The molecule has 0 bridgehead atoms. The van der Waals surface area contributed by atoms with E-state index in [0.29, 0.717) is 12.0 Å². The Hall–Kier alpha value is -0.820. The normalized spacial score (nSPS) is 25.1. The standard InChI is InChI=1S/C18H29N/c1-18(2,3)16-11-9-14(10-12-16)13-15-7-5-4-6-8-17(15)19/h9-12,15,17H,4-8,13,19H2,1-3H3. The fourth-order valence-electron chi connectivity index (χ4n) is 3.11. The summed E-state index contributed by atoms with van der Waals surface area (Å²) in [5.41, 5.74) is 9.45. The molecule has 0 spiro atoms. The second-order valence-corrected chi connectivity index (χ2v) is 7.21. The van der Waals surface area contributed by atoms with Crippen LogP contribution in [0.15, 0.2) is 24.3 Å². The van der Waals surface area contributed by atoms with Crippen molar-refractivity contribution >= 4 is 0 Å². The minimum Gasteiger partial charge on any atom is -0.327 e. The minimum absolute atomic E-state index is 0.247. The van der Waals surface area contributed by atoms with Crippen LogP contribution >= 0.6 is 0 Å². The third kappa shape index (κ3) is 4.07. The largest absolute Gasteiger partial charge is 0.327 e. The Bertz CT molecular complexity index is 385. The molecule has 0 amide bonds. The molecule has 2 N–H and O–H groups in total. The third-order valence-corrected chi connectivity index (χ3v) is 4.54. The first-order valence-electron chi connectivity index (χ1n) is 7.82. The SMILES string of the molecule is CC(C)(C)c1ccc(CC2CCCCCC2N)cc1. The van der Waals surface area contributed by atoms with Crippen LogP contribution in [0.5, 0.6) is 0 Å². The summed E-state index contributed by atoms with van der Waals surface area (Å²) in [5, 5.41) is 0. The van der Waals surface area contributed by atoms with E-state index in [4.69, 9.17) is 5.73 Å². The molecule has 1 aromatic carbocycles. The summed E-state index contributed by atoms with van der Waals surface area (Å²) in [6.45, 7) is 6.80. The van der Waals surface area contributed by atoms with E-state index < -0.39 is 0 Å². The molecule has 106 valence electrons. The predicted octanol–water partition coefficient (Wildman–Crippen LogP) is 4.43. The van der Waals surface area contributed by atoms with Gasteiger partial charge in [-0.3, -0.25) is 0 Å². The summed E-state index contributed by atoms with van der Waals surface area (Å²) in [6.07, 6.45) is 7.73. The summed E-state index contributed by atoms with van der Waals surface area (Å²) in [4.78, 5) is 0. The van der Waals surface area contributed by atoms with Crippen LogP contribution in [0, 0.1) is 5.92 Å². The van der Waals surface area contributed by atoms with Crippen molar-refractivity contribution in [1.29, 1.82) is 0 Å². The molecule has 0 aromatic heterocycles. The molecule has 1 nitrogen and oxygen atoms in total. The van der Waals surface area contributed by atoms with E-state index >= 15 is 0 Å². The van der Waals surface area contributed by atoms with E-state index in [1.165, 1.54) is 43.2 Å².